The normalized spacial score (nSPS) is 12.6. The predicted octanol–water partition coefficient (Wildman–Crippen LogP) is 2.16. The van der Waals surface area contributed by atoms with E-state index >= 15 is 0 Å². The van der Waals surface area contributed by atoms with Crippen molar-refractivity contribution < 1.29 is 17.7 Å². The fraction of sp³-hybridized carbons (Fsp3) is 0.500. The van der Waals surface area contributed by atoms with Crippen LogP contribution in [-0.2, 0) is 20.2 Å². The molecule has 7 nitrogen and oxygen atoms in total. The SMILES string of the molecule is COCC(C)(C)c1cc(NS(=O)(=O)c2cc(C)ns2)no1. The molecule has 0 radical (unpaired) electrons. The van der Waals surface area contributed by atoms with E-state index in [4.69, 9.17) is 9.26 Å². The third-order valence-electron chi connectivity index (χ3n) is 2.79. The molecule has 9 heteroatoms. The molecule has 21 heavy (non-hydrogen) atoms. The van der Waals surface area contributed by atoms with E-state index in [0.717, 1.165) is 11.5 Å². The molecule has 0 aliphatic heterocycles. The minimum absolute atomic E-state index is 0.139. The maximum atomic E-state index is 12.2. The molecule has 0 atom stereocenters. The van der Waals surface area contributed by atoms with Crippen LogP contribution in [0.5, 0.6) is 0 Å². The first kappa shape index (κ1) is 15.9. The second-order valence-corrected chi connectivity index (χ2v) is 8.00. The molecule has 0 unspecified atom stereocenters. The Balaban J connectivity index is 2.20. The van der Waals surface area contributed by atoms with Crippen LogP contribution in [0.4, 0.5) is 5.82 Å². The van der Waals surface area contributed by atoms with E-state index in [-0.39, 0.29) is 10.0 Å². The fourth-order valence-corrected chi connectivity index (χ4v) is 3.67. The van der Waals surface area contributed by atoms with Crippen LogP contribution in [0.1, 0.15) is 25.3 Å². The molecule has 0 amide bonds. The van der Waals surface area contributed by atoms with Crippen LogP contribution in [0.15, 0.2) is 20.9 Å². The molecule has 0 fully saturated rings. The van der Waals surface area contributed by atoms with Crippen molar-refractivity contribution in [3.63, 3.8) is 0 Å². The van der Waals surface area contributed by atoms with Gasteiger partial charge in [0.1, 0.15) is 5.76 Å². The molecule has 0 saturated carbocycles. The Bertz CT molecular complexity index is 718. The van der Waals surface area contributed by atoms with E-state index in [1.807, 2.05) is 13.8 Å². The number of ether oxygens (including phenoxy) is 1. The van der Waals surface area contributed by atoms with Gasteiger partial charge in [0.2, 0.25) is 0 Å². The lowest BCUT2D eigenvalue weighted by atomic mass is 9.91. The molecule has 0 aromatic carbocycles. The monoisotopic (exact) mass is 331 g/mol. The van der Waals surface area contributed by atoms with E-state index < -0.39 is 15.4 Å². The first-order chi connectivity index (χ1) is 9.74. The molecule has 2 heterocycles. The van der Waals surface area contributed by atoms with Gasteiger partial charge in [-0.15, -0.1) is 0 Å². The van der Waals surface area contributed by atoms with Crippen molar-refractivity contribution in [1.29, 1.82) is 0 Å². The average Bonchev–Trinajstić information content (AvgIpc) is 2.98. The number of nitrogens with one attached hydrogen (secondary N) is 1. The molecule has 0 saturated heterocycles. The van der Waals surface area contributed by atoms with E-state index in [9.17, 15) is 8.42 Å². The van der Waals surface area contributed by atoms with Gasteiger partial charge in [0.15, 0.2) is 10.0 Å². The van der Waals surface area contributed by atoms with Crippen molar-refractivity contribution in [3.8, 4) is 0 Å². The first-order valence-electron chi connectivity index (χ1n) is 6.17. The van der Waals surface area contributed by atoms with Crippen LogP contribution in [0.25, 0.3) is 0 Å². The quantitative estimate of drug-likeness (QED) is 0.871. The Morgan fingerprint density at radius 1 is 1.43 bits per heavy atom. The highest BCUT2D eigenvalue weighted by Crippen LogP contribution is 2.27. The Morgan fingerprint density at radius 2 is 2.14 bits per heavy atom. The molecule has 2 rings (SSSR count). The van der Waals surface area contributed by atoms with Crippen molar-refractivity contribution in [2.75, 3.05) is 18.4 Å². The summed E-state index contributed by atoms with van der Waals surface area (Å²) in [7, 11) is -2.09. The van der Waals surface area contributed by atoms with Crippen LogP contribution in [0.3, 0.4) is 0 Å². The highest BCUT2D eigenvalue weighted by molar-refractivity contribution is 7.94. The summed E-state index contributed by atoms with van der Waals surface area (Å²) in [6.07, 6.45) is 0. The summed E-state index contributed by atoms with van der Waals surface area (Å²) in [4.78, 5) is 0. The van der Waals surface area contributed by atoms with Crippen molar-refractivity contribution in [1.82, 2.24) is 9.53 Å². The smallest absolute Gasteiger partial charge is 0.274 e. The predicted molar refractivity (Wildman–Crippen MR) is 79.1 cm³/mol. The van der Waals surface area contributed by atoms with E-state index in [1.54, 1.807) is 20.1 Å². The van der Waals surface area contributed by atoms with Gasteiger partial charge in [-0.2, -0.15) is 4.37 Å². The van der Waals surface area contributed by atoms with Gasteiger partial charge in [-0.05, 0) is 24.5 Å². The lowest BCUT2D eigenvalue weighted by Gasteiger charge is -2.19. The summed E-state index contributed by atoms with van der Waals surface area (Å²) >= 11 is 0.917. The fourth-order valence-electron chi connectivity index (χ4n) is 1.73. The molecule has 116 valence electrons. The van der Waals surface area contributed by atoms with Crippen LogP contribution < -0.4 is 4.72 Å². The Kier molecular flexibility index (Phi) is 4.35. The minimum atomic E-state index is -3.68. The van der Waals surface area contributed by atoms with Crippen LogP contribution in [0, 0.1) is 6.92 Å². The second-order valence-electron chi connectivity index (χ2n) is 5.29. The van der Waals surface area contributed by atoms with Crippen molar-refractivity contribution >= 4 is 27.4 Å². The van der Waals surface area contributed by atoms with Crippen LogP contribution in [0.2, 0.25) is 0 Å². The van der Waals surface area contributed by atoms with Crippen LogP contribution in [-0.4, -0.2) is 31.7 Å². The lowest BCUT2D eigenvalue weighted by molar-refractivity contribution is 0.129. The summed E-state index contributed by atoms with van der Waals surface area (Å²) < 4.78 is 41.1. The highest BCUT2D eigenvalue weighted by Gasteiger charge is 2.27. The van der Waals surface area contributed by atoms with Gasteiger partial charge in [-0.25, -0.2) is 8.42 Å². The zero-order valence-corrected chi connectivity index (χ0v) is 13.8. The maximum Gasteiger partial charge on any atom is 0.274 e. The molecule has 1 N–H and O–H groups in total. The van der Waals surface area contributed by atoms with Gasteiger partial charge in [-0.1, -0.05) is 19.0 Å². The number of nitrogens with zero attached hydrogens (tertiary/aromatic N) is 2. The second kappa shape index (κ2) is 5.74. The zero-order valence-electron chi connectivity index (χ0n) is 12.2. The Morgan fingerprint density at radius 3 is 2.71 bits per heavy atom. The number of aromatic nitrogens is 2. The molecule has 2 aromatic rings. The van der Waals surface area contributed by atoms with Crippen LogP contribution >= 0.6 is 11.5 Å². The molecular weight excluding hydrogens is 314 g/mol. The summed E-state index contributed by atoms with van der Waals surface area (Å²) in [6, 6.07) is 3.06. The van der Waals surface area contributed by atoms with E-state index in [2.05, 4.69) is 14.3 Å². The highest BCUT2D eigenvalue weighted by atomic mass is 32.2. The maximum absolute atomic E-state index is 12.2. The topological polar surface area (TPSA) is 94.3 Å². The minimum Gasteiger partial charge on any atom is -0.384 e. The molecule has 2 aromatic heterocycles. The number of hydrogen-bond donors (Lipinski definition) is 1. The molecule has 0 aliphatic carbocycles. The molecule has 0 spiro atoms. The summed E-state index contributed by atoms with van der Waals surface area (Å²) in [5, 5.41) is 3.75. The Labute approximate surface area is 127 Å². The standard InChI is InChI=1S/C12H17N3O4S2/c1-8-5-11(20-14-8)21(16,17)15-10-6-9(19-13-10)12(2,3)7-18-4/h5-6H,7H2,1-4H3,(H,13,15). The third-order valence-corrected chi connectivity index (χ3v) is 5.48. The van der Waals surface area contributed by atoms with Gasteiger partial charge in [0.25, 0.3) is 10.0 Å². The third kappa shape index (κ3) is 3.60. The number of hydrogen-bond acceptors (Lipinski definition) is 7. The molecular formula is C12H17N3O4S2. The van der Waals surface area contributed by atoms with Gasteiger partial charge in [0, 0.05) is 18.6 Å². The number of anilines is 1. The van der Waals surface area contributed by atoms with Crippen molar-refractivity contribution in [2.24, 2.45) is 0 Å². The summed E-state index contributed by atoms with van der Waals surface area (Å²) in [5.41, 5.74) is 0.259. The zero-order chi connectivity index (χ0) is 15.7. The Hall–Kier alpha value is -1.45. The average molecular weight is 331 g/mol. The van der Waals surface area contributed by atoms with E-state index in [1.165, 1.54) is 6.07 Å². The first-order valence-corrected chi connectivity index (χ1v) is 8.42. The summed E-state index contributed by atoms with van der Waals surface area (Å²) in [6.45, 7) is 6.00. The molecule has 0 bridgehead atoms. The van der Waals surface area contributed by atoms with Gasteiger partial charge in [0.05, 0.1) is 12.3 Å². The number of methoxy groups -OCH3 is 1. The number of aryl methyl sites for hydroxylation is 1. The van der Waals surface area contributed by atoms with Crippen molar-refractivity contribution in [2.45, 2.75) is 30.4 Å². The van der Waals surface area contributed by atoms with Gasteiger partial charge < -0.3 is 9.26 Å². The van der Waals surface area contributed by atoms with Gasteiger partial charge in [-0.3, -0.25) is 4.72 Å². The van der Waals surface area contributed by atoms with E-state index in [0.29, 0.717) is 18.1 Å². The van der Waals surface area contributed by atoms with Crippen molar-refractivity contribution in [3.05, 3.63) is 23.6 Å². The van der Waals surface area contributed by atoms with Gasteiger partial charge >= 0.3 is 0 Å². The summed E-state index contributed by atoms with van der Waals surface area (Å²) in [5.74, 6) is 0.683. The largest absolute Gasteiger partial charge is 0.384 e. The molecule has 0 aliphatic rings. The number of sulfonamides is 1. The lowest BCUT2D eigenvalue weighted by Crippen LogP contribution is -2.22. The number of rotatable bonds is 6.